The monoisotopic (exact) mass is 507 g/mol. The first-order valence-corrected chi connectivity index (χ1v) is 12.0. The summed E-state index contributed by atoms with van der Waals surface area (Å²) in [4.78, 5) is 12.9. The van der Waals surface area contributed by atoms with Crippen LogP contribution >= 0.6 is 23.2 Å². The van der Waals surface area contributed by atoms with Gasteiger partial charge in [0.25, 0.3) is 5.91 Å². The summed E-state index contributed by atoms with van der Waals surface area (Å²) in [5.41, 5.74) is 3.74. The lowest BCUT2D eigenvalue weighted by Gasteiger charge is -2.19. The van der Waals surface area contributed by atoms with Crippen LogP contribution in [-0.2, 0) is 18.6 Å². The normalized spacial score (nSPS) is 11.3. The Morgan fingerprint density at radius 3 is 2.37 bits per heavy atom. The highest BCUT2D eigenvalue weighted by atomic mass is 35.5. The van der Waals surface area contributed by atoms with E-state index in [1.807, 2.05) is 48.5 Å². The summed E-state index contributed by atoms with van der Waals surface area (Å²) in [7, 11) is 0. The van der Waals surface area contributed by atoms with Gasteiger partial charge in [0.05, 0.1) is 6.54 Å². The van der Waals surface area contributed by atoms with E-state index in [-0.39, 0.29) is 11.3 Å². The smallest absolute Gasteiger partial charge is 0.256 e. The van der Waals surface area contributed by atoms with Gasteiger partial charge in [-0.1, -0.05) is 80.4 Å². The van der Waals surface area contributed by atoms with E-state index in [2.05, 4.69) is 43.3 Å². The molecule has 0 aliphatic heterocycles. The minimum absolute atomic E-state index is 0.0921. The number of rotatable bonds is 7. The maximum absolute atomic E-state index is 12.9. The lowest BCUT2D eigenvalue weighted by Crippen LogP contribution is -2.13. The fourth-order valence-corrected chi connectivity index (χ4v) is 3.86. The molecule has 0 unspecified atom stereocenters. The molecule has 0 aliphatic rings. The first-order chi connectivity index (χ1) is 16.7. The van der Waals surface area contributed by atoms with Crippen LogP contribution < -0.4 is 10.1 Å². The second kappa shape index (κ2) is 10.5. The van der Waals surface area contributed by atoms with Crippen molar-refractivity contribution in [2.45, 2.75) is 39.3 Å². The van der Waals surface area contributed by atoms with Crippen LogP contribution in [0.3, 0.4) is 0 Å². The molecule has 1 aromatic heterocycles. The van der Waals surface area contributed by atoms with E-state index >= 15 is 0 Å². The van der Waals surface area contributed by atoms with Crippen LogP contribution in [0.2, 0.25) is 10.0 Å². The van der Waals surface area contributed by atoms with Crippen molar-refractivity contribution in [3.63, 3.8) is 0 Å². The number of halogens is 2. The molecule has 0 atom stereocenters. The van der Waals surface area contributed by atoms with Gasteiger partial charge >= 0.3 is 0 Å². The number of hydrogen-bond donors (Lipinski definition) is 1. The number of amides is 1. The van der Waals surface area contributed by atoms with Crippen molar-refractivity contribution in [1.29, 1.82) is 0 Å². The molecule has 180 valence electrons. The molecule has 0 fully saturated rings. The second-order valence-electron chi connectivity index (χ2n) is 9.37. The zero-order chi connectivity index (χ0) is 25.0. The predicted octanol–water partition coefficient (Wildman–Crippen LogP) is 7.37. The van der Waals surface area contributed by atoms with Crippen LogP contribution in [0.4, 0.5) is 5.82 Å². The van der Waals surface area contributed by atoms with Gasteiger partial charge in [0, 0.05) is 16.8 Å². The molecule has 4 aromatic rings. The predicted molar refractivity (Wildman–Crippen MR) is 142 cm³/mol. The number of carbonyl (C=O) groups excluding carboxylic acids is 1. The van der Waals surface area contributed by atoms with Gasteiger partial charge in [0.15, 0.2) is 5.82 Å². The van der Waals surface area contributed by atoms with Crippen LogP contribution in [0.5, 0.6) is 5.75 Å². The average molecular weight is 508 g/mol. The van der Waals surface area contributed by atoms with Crippen molar-refractivity contribution in [3.8, 4) is 5.75 Å². The third-order valence-corrected chi connectivity index (χ3v) is 6.05. The summed E-state index contributed by atoms with van der Waals surface area (Å²) in [5.74, 6) is 0.803. The maximum Gasteiger partial charge on any atom is 0.256 e. The Labute approximate surface area is 215 Å². The van der Waals surface area contributed by atoms with Crippen molar-refractivity contribution in [3.05, 3.63) is 111 Å². The fourth-order valence-electron chi connectivity index (χ4n) is 3.54. The van der Waals surface area contributed by atoms with Gasteiger partial charge in [-0.2, -0.15) is 5.10 Å². The topological polar surface area (TPSA) is 56.1 Å². The Balaban J connectivity index is 1.38. The highest BCUT2D eigenvalue weighted by Gasteiger charge is 2.14. The highest BCUT2D eigenvalue weighted by molar-refractivity contribution is 6.33. The molecule has 1 heterocycles. The first-order valence-electron chi connectivity index (χ1n) is 11.3. The van der Waals surface area contributed by atoms with Crippen molar-refractivity contribution < 1.29 is 9.53 Å². The van der Waals surface area contributed by atoms with Gasteiger partial charge < -0.3 is 10.1 Å². The molecule has 0 bridgehead atoms. The van der Waals surface area contributed by atoms with E-state index in [0.29, 0.717) is 34.6 Å². The summed E-state index contributed by atoms with van der Waals surface area (Å²) in [6, 6.07) is 22.9. The molecular weight excluding hydrogens is 481 g/mol. The minimum atomic E-state index is -0.292. The molecule has 3 aromatic carbocycles. The maximum atomic E-state index is 12.9. The third-order valence-electron chi connectivity index (χ3n) is 5.52. The molecule has 0 saturated carbocycles. The van der Waals surface area contributed by atoms with Gasteiger partial charge in [0.1, 0.15) is 17.4 Å². The van der Waals surface area contributed by atoms with Gasteiger partial charge in [-0.3, -0.25) is 9.48 Å². The fraction of sp³-hybridized carbons (Fsp3) is 0.214. The molecule has 1 amide bonds. The number of nitrogens with zero attached hydrogens (tertiary/aromatic N) is 2. The minimum Gasteiger partial charge on any atom is -0.489 e. The summed E-state index contributed by atoms with van der Waals surface area (Å²) in [6.45, 7) is 7.40. The van der Waals surface area contributed by atoms with Gasteiger partial charge in [-0.15, -0.1) is 0 Å². The lowest BCUT2D eigenvalue weighted by molar-refractivity contribution is 0.102. The molecule has 0 aliphatic carbocycles. The summed E-state index contributed by atoms with van der Waals surface area (Å²) >= 11 is 12.3. The Bertz CT molecular complexity index is 1310. The van der Waals surface area contributed by atoms with Crippen LogP contribution in [0, 0.1) is 0 Å². The molecule has 5 nitrogen and oxygen atoms in total. The summed E-state index contributed by atoms with van der Waals surface area (Å²) < 4.78 is 7.60. The number of ether oxygens (including phenoxy) is 1. The van der Waals surface area contributed by atoms with Crippen molar-refractivity contribution in [2.75, 3.05) is 5.32 Å². The average Bonchev–Trinajstić information content (AvgIpc) is 3.17. The summed E-state index contributed by atoms with van der Waals surface area (Å²) in [6.07, 6.45) is 1.68. The first kappa shape index (κ1) is 24.8. The number of aromatic nitrogens is 2. The van der Waals surface area contributed by atoms with E-state index in [1.54, 1.807) is 23.0 Å². The molecule has 1 N–H and O–H groups in total. The van der Waals surface area contributed by atoms with Crippen LogP contribution in [0.1, 0.15) is 47.8 Å². The van der Waals surface area contributed by atoms with E-state index < -0.39 is 0 Å². The van der Waals surface area contributed by atoms with Crippen LogP contribution in [0.25, 0.3) is 0 Å². The number of carbonyl (C=O) groups is 1. The number of nitrogens with one attached hydrogen (secondary N) is 1. The lowest BCUT2D eigenvalue weighted by atomic mass is 9.87. The standard InChI is InChI=1S/C28H27Cl2N3O2/c1-28(2,3)22-9-13-24(14-10-22)35-18-20-5-4-6-21(15-20)27(34)31-26-25(30)17-33(32-26)16-19-7-11-23(29)12-8-19/h4-15,17H,16,18H2,1-3H3,(H,31,32,34). The number of hydrogen-bond acceptors (Lipinski definition) is 3. The Hall–Kier alpha value is -3.28. The highest BCUT2D eigenvalue weighted by Crippen LogP contribution is 2.25. The molecule has 0 spiro atoms. The Morgan fingerprint density at radius 1 is 0.971 bits per heavy atom. The molecule has 4 rings (SSSR count). The van der Waals surface area contributed by atoms with Gasteiger partial charge in [0.2, 0.25) is 0 Å². The van der Waals surface area contributed by atoms with Crippen molar-refractivity contribution in [1.82, 2.24) is 9.78 Å². The zero-order valence-electron chi connectivity index (χ0n) is 19.9. The largest absolute Gasteiger partial charge is 0.489 e. The second-order valence-corrected chi connectivity index (χ2v) is 10.2. The molecule has 0 radical (unpaired) electrons. The number of anilines is 1. The van der Waals surface area contributed by atoms with E-state index in [1.165, 1.54) is 5.56 Å². The van der Waals surface area contributed by atoms with E-state index in [4.69, 9.17) is 27.9 Å². The SMILES string of the molecule is CC(C)(C)c1ccc(OCc2cccc(C(=O)Nc3nn(Cc4ccc(Cl)cc4)cc3Cl)c2)cc1. The number of benzene rings is 3. The van der Waals surface area contributed by atoms with Crippen molar-refractivity contribution in [2.24, 2.45) is 0 Å². The molecule has 35 heavy (non-hydrogen) atoms. The van der Waals surface area contributed by atoms with Gasteiger partial charge in [-0.25, -0.2) is 0 Å². The Morgan fingerprint density at radius 2 is 1.69 bits per heavy atom. The molecule has 7 heteroatoms. The van der Waals surface area contributed by atoms with Crippen LogP contribution in [-0.4, -0.2) is 15.7 Å². The van der Waals surface area contributed by atoms with Crippen molar-refractivity contribution >= 4 is 34.9 Å². The molecular formula is C28H27Cl2N3O2. The van der Waals surface area contributed by atoms with Crippen LogP contribution in [0.15, 0.2) is 79.0 Å². The quantitative estimate of drug-likeness (QED) is 0.284. The molecule has 0 saturated heterocycles. The summed E-state index contributed by atoms with van der Waals surface area (Å²) in [5, 5.41) is 8.25. The Kier molecular flexibility index (Phi) is 7.48. The van der Waals surface area contributed by atoms with Gasteiger partial charge in [-0.05, 0) is 58.5 Å². The zero-order valence-corrected chi connectivity index (χ0v) is 21.4. The van der Waals surface area contributed by atoms with E-state index in [9.17, 15) is 4.79 Å². The van der Waals surface area contributed by atoms with E-state index in [0.717, 1.165) is 16.9 Å². The third kappa shape index (κ3) is 6.65.